The second kappa shape index (κ2) is 9.72. The molecule has 0 atom stereocenters. The Morgan fingerprint density at radius 2 is 1.47 bits per heavy atom. The standard InChI is InChI=1S/C8H10.C6H14O/c1-7-5-3-4-6-8(7)2;1-2-3-4-5-6-7/h3-6H,1-2H3;7H,2-6H2,1H3. The van der Waals surface area contributed by atoms with E-state index < -0.39 is 0 Å². The molecule has 0 fully saturated rings. The lowest BCUT2D eigenvalue weighted by Crippen LogP contribution is -1.80. The van der Waals surface area contributed by atoms with Gasteiger partial charge in [-0.2, -0.15) is 0 Å². The van der Waals surface area contributed by atoms with Crippen LogP contribution in [0.2, 0.25) is 0 Å². The summed E-state index contributed by atoms with van der Waals surface area (Å²) in [4.78, 5) is 0. The summed E-state index contributed by atoms with van der Waals surface area (Å²) in [5.74, 6) is 0. The van der Waals surface area contributed by atoms with Gasteiger partial charge in [0.25, 0.3) is 0 Å². The highest BCUT2D eigenvalue weighted by molar-refractivity contribution is 5.23. The summed E-state index contributed by atoms with van der Waals surface area (Å²) in [6, 6.07) is 8.36. The first kappa shape index (κ1) is 14.2. The van der Waals surface area contributed by atoms with Gasteiger partial charge in [-0.3, -0.25) is 0 Å². The number of aliphatic hydroxyl groups excluding tert-OH is 1. The van der Waals surface area contributed by atoms with Crippen LogP contribution < -0.4 is 0 Å². The van der Waals surface area contributed by atoms with Crippen LogP contribution in [-0.4, -0.2) is 11.7 Å². The van der Waals surface area contributed by atoms with E-state index in [2.05, 4.69) is 45.0 Å². The van der Waals surface area contributed by atoms with Gasteiger partial charge in [0.15, 0.2) is 0 Å². The summed E-state index contributed by atoms with van der Waals surface area (Å²) in [7, 11) is 0. The average molecular weight is 208 g/mol. The second-order valence-corrected chi connectivity index (χ2v) is 3.87. The zero-order valence-electron chi connectivity index (χ0n) is 10.3. The van der Waals surface area contributed by atoms with Crippen molar-refractivity contribution in [3.8, 4) is 0 Å². The summed E-state index contributed by atoms with van der Waals surface area (Å²) in [5.41, 5.74) is 2.74. The van der Waals surface area contributed by atoms with Crippen molar-refractivity contribution in [2.45, 2.75) is 46.5 Å². The first-order valence-corrected chi connectivity index (χ1v) is 5.85. The molecule has 0 saturated heterocycles. The van der Waals surface area contributed by atoms with Crippen LogP contribution in [0.1, 0.15) is 43.7 Å². The van der Waals surface area contributed by atoms with E-state index in [0.717, 1.165) is 6.42 Å². The van der Waals surface area contributed by atoms with E-state index in [-0.39, 0.29) is 0 Å². The minimum Gasteiger partial charge on any atom is -0.396 e. The van der Waals surface area contributed by atoms with Gasteiger partial charge in [-0.1, -0.05) is 50.5 Å². The third kappa shape index (κ3) is 8.19. The van der Waals surface area contributed by atoms with Crippen molar-refractivity contribution in [3.63, 3.8) is 0 Å². The Hall–Kier alpha value is -0.820. The molecule has 1 N–H and O–H groups in total. The highest BCUT2D eigenvalue weighted by atomic mass is 16.2. The number of aliphatic hydroxyl groups is 1. The Morgan fingerprint density at radius 3 is 1.80 bits per heavy atom. The molecule has 0 spiro atoms. The minimum atomic E-state index is 0.361. The smallest absolute Gasteiger partial charge is 0.0431 e. The number of benzene rings is 1. The predicted octanol–water partition coefficient (Wildman–Crippen LogP) is 3.86. The third-order valence-corrected chi connectivity index (χ3v) is 2.44. The second-order valence-electron chi connectivity index (χ2n) is 3.87. The van der Waals surface area contributed by atoms with Gasteiger partial charge in [0.2, 0.25) is 0 Å². The molecular weight excluding hydrogens is 184 g/mol. The fourth-order valence-corrected chi connectivity index (χ4v) is 1.20. The number of aryl methyl sites for hydroxylation is 2. The summed E-state index contributed by atoms with van der Waals surface area (Å²) in [6.45, 7) is 6.77. The summed E-state index contributed by atoms with van der Waals surface area (Å²) < 4.78 is 0. The monoisotopic (exact) mass is 208 g/mol. The molecule has 0 aliphatic carbocycles. The lowest BCUT2D eigenvalue weighted by Gasteiger charge is -1.93. The van der Waals surface area contributed by atoms with Crippen molar-refractivity contribution in [2.75, 3.05) is 6.61 Å². The van der Waals surface area contributed by atoms with Crippen LogP contribution in [0, 0.1) is 13.8 Å². The maximum atomic E-state index is 8.29. The molecule has 0 radical (unpaired) electrons. The SMILES string of the molecule is CCCCCCO.Cc1ccccc1C. The zero-order chi connectivity index (χ0) is 11.5. The topological polar surface area (TPSA) is 20.2 Å². The lowest BCUT2D eigenvalue weighted by molar-refractivity contribution is 0.283. The molecule has 86 valence electrons. The molecule has 0 heterocycles. The van der Waals surface area contributed by atoms with Crippen molar-refractivity contribution in [1.29, 1.82) is 0 Å². The van der Waals surface area contributed by atoms with Crippen molar-refractivity contribution in [2.24, 2.45) is 0 Å². The molecule has 1 aromatic rings. The van der Waals surface area contributed by atoms with E-state index in [1.807, 2.05) is 0 Å². The summed E-state index contributed by atoms with van der Waals surface area (Å²) in [5, 5.41) is 8.29. The molecule has 0 aliphatic heterocycles. The first-order valence-electron chi connectivity index (χ1n) is 5.85. The zero-order valence-corrected chi connectivity index (χ0v) is 10.3. The maximum absolute atomic E-state index is 8.29. The van der Waals surface area contributed by atoms with Gasteiger partial charge in [-0.05, 0) is 31.4 Å². The van der Waals surface area contributed by atoms with Crippen LogP contribution in [0.15, 0.2) is 24.3 Å². The fraction of sp³-hybridized carbons (Fsp3) is 0.571. The normalized spacial score (nSPS) is 9.33. The van der Waals surface area contributed by atoms with Gasteiger partial charge >= 0.3 is 0 Å². The van der Waals surface area contributed by atoms with Crippen LogP contribution in [-0.2, 0) is 0 Å². The fourth-order valence-electron chi connectivity index (χ4n) is 1.20. The van der Waals surface area contributed by atoms with Crippen LogP contribution in [0.5, 0.6) is 0 Å². The van der Waals surface area contributed by atoms with Gasteiger partial charge < -0.3 is 5.11 Å². The number of unbranched alkanes of at least 4 members (excludes halogenated alkanes) is 3. The molecule has 1 nitrogen and oxygen atoms in total. The van der Waals surface area contributed by atoms with Gasteiger partial charge in [0.1, 0.15) is 0 Å². The first-order chi connectivity index (χ1) is 7.22. The average Bonchev–Trinajstić information content (AvgIpc) is 2.24. The number of rotatable bonds is 4. The molecule has 0 aromatic heterocycles. The van der Waals surface area contributed by atoms with Gasteiger partial charge in [0, 0.05) is 6.61 Å². The molecule has 1 rings (SSSR count). The van der Waals surface area contributed by atoms with Crippen LogP contribution in [0.4, 0.5) is 0 Å². The van der Waals surface area contributed by atoms with Crippen molar-refractivity contribution < 1.29 is 5.11 Å². The van der Waals surface area contributed by atoms with E-state index in [0.29, 0.717) is 6.61 Å². The Kier molecular flexibility index (Phi) is 9.19. The minimum absolute atomic E-state index is 0.361. The van der Waals surface area contributed by atoms with E-state index in [1.54, 1.807) is 0 Å². The third-order valence-electron chi connectivity index (χ3n) is 2.44. The Labute approximate surface area is 94.2 Å². The number of hydrogen-bond acceptors (Lipinski definition) is 1. The van der Waals surface area contributed by atoms with Crippen LogP contribution in [0.3, 0.4) is 0 Å². The van der Waals surface area contributed by atoms with Gasteiger partial charge in [-0.15, -0.1) is 0 Å². The largest absolute Gasteiger partial charge is 0.396 e. The van der Waals surface area contributed by atoms with Crippen molar-refractivity contribution >= 4 is 0 Å². The molecule has 0 amide bonds. The quantitative estimate of drug-likeness (QED) is 0.745. The molecule has 0 aliphatic rings. The summed E-state index contributed by atoms with van der Waals surface area (Å²) in [6.07, 6.45) is 4.68. The van der Waals surface area contributed by atoms with E-state index >= 15 is 0 Å². The molecule has 0 saturated carbocycles. The van der Waals surface area contributed by atoms with Gasteiger partial charge in [0.05, 0.1) is 0 Å². The van der Waals surface area contributed by atoms with Gasteiger partial charge in [-0.25, -0.2) is 0 Å². The van der Waals surface area contributed by atoms with Crippen molar-refractivity contribution in [3.05, 3.63) is 35.4 Å². The Balaban J connectivity index is 0.000000265. The maximum Gasteiger partial charge on any atom is 0.0431 e. The van der Waals surface area contributed by atoms with Crippen LogP contribution in [0.25, 0.3) is 0 Å². The van der Waals surface area contributed by atoms with E-state index in [9.17, 15) is 0 Å². The Bertz CT molecular complexity index is 218. The molecule has 0 bridgehead atoms. The molecule has 15 heavy (non-hydrogen) atoms. The molecule has 0 unspecified atom stereocenters. The van der Waals surface area contributed by atoms with Crippen LogP contribution >= 0.6 is 0 Å². The molecule has 1 heteroatoms. The summed E-state index contributed by atoms with van der Waals surface area (Å²) >= 11 is 0. The molecular formula is C14H24O. The van der Waals surface area contributed by atoms with Crippen molar-refractivity contribution in [1.82, 2.24) is 0 Å². The Morgan fingerprint density at radius 1 is 0.933 bits per heavy atom. The highest BCUT2D eigenvalue weighted by Crippen LogP contribution is 2.02. The molecule has 1 aromatic carbocycles. The van der Waals surface area contributed by atoms with E-state index in [4.69, 9.17) is 5.11 Å². The van der Waals surface area contributed by atoms with E-state index in [1.165, 1.54) is 30.4 Å². The highest BCUT2D eigenvalue weighted by Gasteiger charge is 1.83. The predicted molar refractivity (Wildman–Crippen MR) is 67.1 cm³/mol. The lowest BCUT2D eigenvalue weighted by atomic mass is 10.1. The number of hydrogen-bond donors (Lipinski definition) is 1.